The largest absolute Gasteiger partial charge is 0.493 e. The van der Waals surface area contributed by atoms with Crippen molar-refractivity contribution in [3.8, 4) is 5.75 Å². The lowest BCUT2D eigenvalue weighted by Gasteiger charge is -2.37. The first-order chi connectivity index (χ1) is 14.1. The summed E-state index contributed by atoms with van der Waals surface area (Å²) in [5.41, 5.74) is 1.18. The smallest absolute Gasteiger partial charge is 0.251 e. The zero-order valence-electron chi connectivity index (χ0n) is 17.9. The monoisotopic (exact) mass is 402 g/mol. The zero-order valence-corrected chi connectivity index (χ0v) is 17.9. The molecule has 7 nitrogen and oxygen atoms in total. The highest BCUT2D eigenvalue weighted by molar-refractivity contribution is 5.82. The quantitative estimate of drug-likeness (QED) is 0.583. The number of nitrogens with zero attached hydrogens (tertiary/aromatic N) is 3. The minimum atomic E-state index is -0.230. The number of nitrogens with one attached hydrogen (secondary N) is 1. The van der Waals surface area contributed by atoms with Crippen molar-refractivity contribution in [2.45, 2.75) is 39.3 Å². The van der Waals surface area contributed by atoms with Crippen LogP contribution in [0.4, 0.5) is 0 Å². The third kappa shape index (κ3) is 6.10. The SMILES string of the molecule is CN=C(NCc1ccc(OCC(C)C)cc1)N1CCN(C(=O)C2CCCO2)CC1. The summed E-state index contributed by atoms with van der Waals surface area (Å²) in [5.74, 6) is 2.43. The number of hydrogen-bond donors (Lipinski definition) is 1. The summed E-state index contributed by atoms with van der Waals surface area (Å²) in [6.45, 7) is 9.39. The predicted molar refractivity (Wildman–Crippen MR) is 114 cm³/mol. The normalized spacial score (nSPS) is 20.3. The number of benzene rings is 1. The van der Waals surface area contributed by atoms with E-state index < -0.39 is 0 Å². The van der Waals surface area contributed by atoms with Crippen molar-refractivity contribution < 1.29 is 14.3 Å². The number of rotatable bonds is 6. The Bertz CT molecular complexity index is 676. The molecule has 1 unspecified atom stereocenters. The van der Waals surface area contributed by atoms with Crippen LogP contribution in [0.15, 0.2) is 29.3 Å². The molecule has 0 saturated carbocycles. The molecule has 0 bridgehead atoms. The van der Waals surface area contributed by atoms with Crippen molar-refractivity contribution >= 4 is 11.9 Å². The maximum Gasteiger partial charge on any atom is 0.251 e. The van der Waals surface area contributed by atoms with Gasteiger partial charge < -0.3 is 24.6 Å². The van der Waals surface area contributed by atoms with E-state index in [1.165, 1.54) is 5.56 Å². The molecular weight excluding hydrogens is 368 g/mol. The van der Waals surface area contributed by atoms with Gasteiger partial charge in [-0.3, -0.25) is 9.79 Å². The molecule has 29 heavy (non-hydrogen) atoms. The van der Waals surface area contributed by atoms with E-state index in [9.17, 15) is 4.79 Å². The minimum absolute atomic E-state index is 0.143. The van der Waals surface area contributed by atoms with Gasteiger partial charge in [-0.15, -0.1) is 0 Å². The van der Waals surface area contributed by atoms with E-state index in [1.54, 1.807) is 7.05 Å². The molecule has 2 saturated heterocycles. The van der Waals surface area contributed by atoms with Crippen LogP contribution in [-0.4, -0.2) is 74.2 Å². The summed E-state index contributed by atoms with van der Waals surface area (Å²) < 4.78 is 11.3. The number of amides is 1. The standard InChI is InChI=1S/C22H34N4O3/c1-17(2)16-29-19-8-6-18(7-9-19)15-24-22(23-3)26-12-10-25(11-13-26)21(27)20-5-4-14-28-20/h6-9,17,20H,4-5,10-16H2,1-3H3,(H,23,24). The lowest BCUT2D eigenvalue weighted by atomic mass is 10.2. The molecule has 0 radical (unpaired) electrons. The molecular formula is C22H34N4O3. The summed E-state index contributed by atoms with van der Waals surface area (Å²) in [4.78, 5) is 21.0. The molecule has 7 heteroatoms. The van der Waals surface area contributed by atoms with Gasteiger partial charge in [-0.1, -0.05) is 26.0 Å². The number of aliphatic imine (C=N–C) groups is 1. The first-order valence-corrected chi connectivity index (χ1v) is 10.6. The summed E-state index contributed by atoms with van der Waals surface area (Å²) in [6, 6.07) is 8.18. The molecule has 0 aliphatic carbocycles. The molecule has 2 aliphatic rings. The highest BCUT2D eigenvalue weighted by atomic mass is 16.5. The van der Waals surface area contributed by atoms with Gasteiger partial charge in [0.25, 0.3) is 5.91 Å². The third-order valence-corrected chi connectivity index (χ3v) is 5.27. The molecule has 1 aromatic rings. The fourth-order valence-electron chi connectivity index (χ4n) is 3.59. The fraction of sp³-hybridized carbons (Fsp3) is 0.636. The maximum absolute atomic E-state index is 12.5. The van der Waals surface area contributed by atoms with Gasteiger partial charge in [0.15, 0.2) is 5.96 Å². The minimum Gasteiger partial charge on any atom is -0.493 e. The number of hydrogen-bond acceptors (Lipinski definition) is 4. The molecule has 2 heterocycles. The highest BCUT2D eigenvalue weighted by Crippen LogP contribution is 2.16. The second-order valence-electron chi connectivity index (χ2n) is 8.06. The van der Waals surface area contributed by atoms with Crippen LogP contribution >= 0.6 is 0 Å². The van der Waals surface area contributed by atoms with E-state index in [2.05, 4.69) is 41.2 Å². The maximum atomic E-state index is 12.5. The van der Waals surface area contributed by atoms with Crippen molar-refractivity contribution in [1.82, 2.24) is 15.1 Å². The van der Waals surface area contributed by atoms with Gasteiger partial charge in [-0.05, 0) is 36.5 Å². The highest BCUT2D eigenvalue weighted by Gasteiger charge is 2.30. The lowest BCUT2D eigenvalue weighted by Crippen LogP contribution is -2.55. The van der Waals surface area contributed by atoms with Crippen LogP contribution < -0.4 is 10.1 Å². The van der Waals surface area contributed by atoms with E-state index in [1.807, 2.05) is 17.0 Å². The van der Waals surface area contributed by atoms with E-state index in [4.69, 9.17) is 9.47 Å². The van der Waals surface area contributed by atoms with Gasteiger partial charge in [0.05, 0.1) is 6.61 Å². The summed E-state index contributed by atoms with van der Waals surface area (Å²) >= 11 is 0. The van der Waals surface area contributed by atoms with Gasteiger partial charge >= 0.3 is 0 Å². The first kappa shape index (κ1) is 21.4. The van der Waals surface area contributed by atoms with Crippen LogP contribution in [0.2, 0.25) is 0 Å². The number of carbonyl (C=O) groups is 1. The van der Waals surface area contributed by atoms with Gasteiger partial charge in [-0.25, -0.2) is 0 Å². The van der Waals surface area contributed by atoms with Gasteiger partial charge in [0, 0.05) is 46.4 Å². The van der Waals surface area contributed by atoms with E-state index >= 15 is 0 Å². The van der Waals surface area contributed by atoms with Gasteiger partial charge in [0.2, 0.25) is 0 Å². The summed E-state index contributed by atoms with van der Waals surface area (Å²) in [6.07, 6.45) is 1.60. The van der Waals surface area contributed by atoms with E-state index in [0.29, 0.717) is 32.2 Å². The second-order valence-corrected chi connectivity index (χ2v) is 8.06. The van der Waals surface area contributed by atoms with Crippen LogP contribution in [0.25, 0.3) is 0 Å². The molecule has 1 atom stereocenters. The number of carbonyl (C=O) groups excluding carboxylic acids is 1. The summed E-state index contributed by atoms with van der Waals surface area (Å²) in [5, 5.41) is 3.43. The lowest BCUT2D eigenvalue weighted by molar-refractivity contribution is -0.142. The Morgan fingerprint density at radius 3 is 2.48 bits per heavy atom. The van der Waals surface area contributed by atoms with Crippen LogP contribution in [0.5, 0.6) is 5.75 Å². The van der Waals surface area contributed by atoms with Crippen LogP contribution in [0.1, 0.15) is 32.3 Å². The third-order valence-electron chi connectivity index (χ3n) is 5.27. The molecule has 1 aromatic carbocycles. The molecule has 2 fully saturated rings. The van der Waals surface area contributed by atoms with Crippen molar-refractivity contribution in [2.24, 2.45) is 10.9 Å². The Hall–Kier alpha value is -2.28. The molecule has 0 aromatic heterocycles. The van der Waals surface area contributed by atoms with E-state index in [0.717, 1.165) is 44.2 Å². The van der Waals surface area contributed by atoms with E-state index in [-0.39, 0.29) is 12.0 Å². The average Bonchev–Trinajstić information content (AvgIpc) is 3.28. The van der Waals surface area contributed by atoms with Gasteiger partial charge in [0.1, 0.15) is 11.9 Å². The van der Waals surface area contributed by atoms with Crippen molar-refractivity contribution in [2.75, 3.05) is 46.4 Å². The molecule has 2 aliphatic heterocycles. The zero-order chi connectivity index (χ0) is 20.6. The van der Waals surface area contributed by atoms with Crippen LogP contribution in [0, 0.1) is 5.92 Å². The van der Waals surface area contributed by atoms with Gasteiger partial charge in [-0.2, -0.15) is 0 Å². The molecule has 0 spiro atoms. The number of guanidine groups is 1. The average molecular weight is 403 g/mol. The number of ether oxygens (including phenoxy) is 2. The second kappa shape index (κ2) is 10.5. The predicted octanol–water partition coefficient (Wildman–Crippen LogP) is 2.12. The van der Waals surface area contributed by atoms with Crippen LogP contribution in [0.3, 0.4) is 0 Å². The Labute approximate surface area is 174 Å². The number of piperazine rings is 1. The Balaban J connectivity index is 1.44. The van der Waals surface area contributed by atoms with Crippen molar-refractivity contribution in [3.63, 3.8) is 0 Å². The van der Waals surface area contributed by atoms with Crippen molar-refractivity contribution in [3.05, 3.63) is 29.8 Å². The molecule has 1 amide bonds. The first-order valence-electron chi connectivity index (χ1n) is 10.6. The topological polar surface area (TPSA) is 66.4 Å². The fourth-order valence-corrected chi connectivity index (χ4v) is 3.59. The molecule has 1 N–H and O–H groups in total. The Kier molecular flexibility index (Phi) is 7.75. The Morgan fingerprint density at radius 2 is 1.90 bits per heavy atom. The molecule has 3 rings (SSSR count). The summed E-state index contributed by atoms with van der Waals surface area (Å²) in [7, 11) is 1.80. The molecule has 160 valence electrons. The Morgan fingerprint density at radius 1 is 1.21 bits per heavy atom. The van der Waals surface area contributed by atoms with Crippen LogP contribution in [-0.2, 0) is 16.1 Å². The van der Waals surface area contributed by atoms with Crippen molar-refractivity contribution in [1.29, 1.82) is 0 Å².